The number of thioether (sulfide) groups is 1. The van der Waals surface area contributed by atoms with E-state index < -0.39 is 5.41 Å². The van der Waals surface area contributed by atoms with Gasteiger partial charge in [0.05, 0.1) is 25.4 Å². The van der Waals surface area contributed by atoms with Crippen molar-refractivity contribution in [1.29, 1.82) is 0 Å². The van der Waals surface area contributed by atoms with Crippen LogP contribution in [0.2, 0.25) is 0 Å². The number of hydrogen-bond donors (Lipinski definition) is 1. The molecule has 0 saturated heterocycles. The first-order chi connectivity index (χ1) is 17.8. The molecule has 1 saturated carbocycles. The van der Waals surface area contributed by atoms with Gasteiger partial charge >= 0.3 is 0 Å². The third-order valence-corrected chi connectivity index (χ3v) is 7.96. The molecule has 37 heavy (non-hydrogen) atoms. The third kappa shape index (κ3) is 6.26. The van der Waals surface area contributed by atoms with E-state index in [-0.39, 0.29) is 17.5 Å². The van der Waals surface area contributed by atoms with E-state index in [0.717, 1.165) is 17.8 Å². The molecular weight excluding hydrogens is 491 g/mol. The minimum Gasteiger partial charge on any atom is -0.493 e. The number of carbonyl (C=O) groups excluding carboxylic acids is 1. The molecule has 0 bridgehead atoms. The van der Waals surface area contributed by atoms with Gasteiger partial charge in [-0.05, 0) is 74.6 Å². The molecule has 198 valence electrons. The number of nitrogens with one attached hydrogen (secondary N) is 1. The highest BCUT2D eigenvalue weighted by atomic mass is 32.2. The Balaban J connectivity index is 1.60. The van der Waals surface area contributed by atoms with E-state index in [1.165, 1.54) is 56.0 Å². The summed E-state index contributed by atoms with van der Waals surface area (Å²) in [4.78, 5) is 12.6. The Morgan fingerprint density at radius 3 is 2.43 bits per heavy atom. The lowest BCUT2D eigenvalue weighted by Crippen LogP contribution is -2.31. The fourth-order valence-electron chi connectivity index (χ4n) is 4.78. The van der Waals surface area contributed by atoms with Crippen molar-refractivity contribution in [1.82, 2.24) is 20.1 Å². The molecule has 1 amide bonds. The number of nitrogens with zero attached hydrogens (tertiary/aromatic N) is 3. The molecule has 4 rings (SSSR count). The molecule has 0 atom stereocenters. The zero-order valence-corrected chi connectivity index (χ0v) is 22.7. The van der Waals surface area contributed by atoms with Gasteiger partial charge in [-0.25, -0.2) is 4.39 Å². The second-order valence-corrected chi connectivity index (χ2v) is 10.9. The molecule has 1 aliphatic rings. The summed E-state index contributed by atoms with van der Waals surface area (Å²) in [5.74, 6) is 2.36. The van der Waals surface area contributed by atoms with Crippen LogP contribution in [0.5, 0.6) is 11.5 Å². The van der Waals surface area contributed by atoms with Gasteiger partial charge in [-0.15, -0.1) is 10.2 Å². The van der Waals surface area contributed by atoms with Crippen LogP contribution >= 0.6 is 11.8 Å². The number of aromatic nitrogens is 3. The summed E-state index contributed by atoms with van der Waals surface area (Å²) in [5, 5.41) is 12.7. The number of rotatable bonds is 10. The Labute approximate surface area is 222 Å². The Morgan fingerprint density at radius 2 is 1.76 bits per heavy atom. The van der Waals surface area contributed by atoms with Crippen LogP contribution in [0.25, 0.3) is 5.69 Å². The molecule has 7 nitrogen and oxygen atoms in total. The summed E-state index contributed by atoms with van der Waals surface area (Å²) in [6.45, 7) is 4.81. The van der Waals surface area contributed by atoms with Crippen molar-refractivity contribution < 1.29 is 18.7 Å². The molecule has 0 spiro atoms. The molecule has 1 N–H and O–H groups in total. The summed E-state index contributed by atoms with van der Waals surface area (Å²) in [7, 11) is 3.20. The Kier molecular flexibility index (Phi) is 8.74. The fraction of sp³-hybridized carbons (Fsp3) is 0.464. The van der Waals surface area contributed by atoms with Crippen molar-refractivity contribution in [2.75, 3.05) is 26.5 Å². The maximum Gasteiger partial charge on any atom is 0.230 e. The zero-order chi connectivity index (χ0) is 26.4. The number of halogens is 1. The lowest BCUT2D eigenvalue weighted by atomic mass is 9.83. The Morgan fingerprint density at radius 1 is 1.05 bits per heavy atom. The first-order valence-electron chi connectivity index (χ1n) is 12.7. The zero-order valence-electron chi connectivity index (χ0n) is 21.9. The van der Waals surface area contributed by atoms with E-state index in [2.05, 4.69) is 15.5 Å². The number of carbonyl (C=O) groups is 1. The molecule has 0 aliphatic heterocycles. The largest absolute Gasteiger partial charge is 0.493 e. The summed E-state index contributed by atoms with van der Waals surface area (Å²) in [6, 6.07) is 12.0. The highest BCUT2D eigenvalue weighted by Crippen LogP contribution is 2.38. The second-order valence-electron chi connectivity index (χ2n) is 9.91. The van der Waals surface area contributed by atoms with Crippen LogP contribution in [0, 0.1) is 11.7 Å². The van der Waals surface area contributed by atoms with Crippen molar-refractivity contribution in [2.24, 2.45) is 5.92 Å². The molecule has 1 fully saturated rings. The molecule has 1 aromatic heterocycles. The van der Waals surface area contributed by atoms with Gasteiger partial charge in [0.15, 0.2) is 16.7 Å². The van der Waals surface area contributed by atoms with Crippen LogP contribution in [-0.4, -0.2) is 47.2 Å². The third-order valence-electron chi connectivity index (χ3n) is 7.03. The summed E-state index contributed by atoms with van der Waals surface area (Å²) >= 11 is 1.33. The van der Waals surface area contributed by atoms with Crippen molar-refractivity contribution in [3.05, 3.63) is 59.7 Å². The van der Waals surface area contributed by atoms with Crippen LogP contribution in [0.3, 0.4) is 0 Å². The molecule has 9 heteroatoms. The molecule has 0 radical (unpaired) electrons. The smallest absolute Gasteiger partial charge is 0.230 e. The second kappa shape index (κ2) is 12.0. The topological polar surface area (TPSA) is 78.3 Å². The highest BCUT2D eigenvalue weighted by Gasteiger charge is 2.32. The Bertz CT molecular complexity index is 1210. The van der Waals surface area contributed by atoms with E-state index in [1.807, 2.05) is 36.6 Å². The van der Waals surface area contributed by atoms with E-state index in [4.69, 9.17) is 9.47 Å². The molecule has 1 aliphatic carbocycles. The van der Waals surface area contributed by atoms with E-state index in [1.54, 1.807) is 26.4 Å². The fourth-order valence-corrected chi connectivity index (χ4v) is 5.56. The lowest BCUT2D eigenvalue weighted by molar-refractivity contribution is -0.118. The molecule has 2 aromatic carbocycles. The summed E-state index contributed by atoms with van der Waals surface area (Å²) in [5.41, 5.74) is 1.07. The monoisotopic (exact) mass is 526 g/mol. The lowest BCUT2D eigenvalue weighted by Gasteiger charge is -2.26. The van der Waals surface area contributed by atoms with Gasteiger partial charge in [-0.3, -0.25) is 9.36 Å². The SMILES string of the molecule is COc1ccc(C(C)(C)c2nnc(SCC(=O)NCC3CCCCC3)n2-c2ccc(F)cc2)cc1OC. The van der Waals surface area contributed by atoms with Crippen molar-refractivity contribution >= 4 is 17.7 Å². The Hall–Kier alpha value is -3.07. The molecule has 3 aromatic rings. The van der Waals surface area contributed by atoms with Crippen molar-refractivity contribution in [2.45, 2.75) is 56.5 Å². The van der Waals surface area contributed by atoms with E-state index in [0.29, 0.717) is 28.4 Å². The van der Waals surface area contributed by atoms with E-state index >= 15 is 0 Å². The van der Waals surface area contributed by atoms with Gasteiger partial charge < -0.3 is 14.8 Å². The first kappa shape index (κ1) is 27.0. The molecule has 1 heterocycles. The summed E-state index contributed by atoms with van der Waals surface area (Å²) in [6.07, 6.45) is 6.15. The minimum absolute atomic E-state index is 0.0232. The maximum absolute atomic E-state index is 13.8. The maximum atomic E-state index is 13.8. The van der Waals surface area contributed by atoms with Crippen LogP contribution in [0.1, 0.15) is 57.3 Å². The van der Waals surface area contributed by atoms with Crippen LogP contribution < -0.4 is 14.8 Å². The van der Waals surface area contributed by atoms with Crippen LogP contribution in [0.15, 0.2) is 47.6 Å². The molecular formula is C28H35FN4O3S. The predicted octanol–water partition coefficient (Wildman–Crippen LogP) is 5.54. The average molecular weight is 527 g/mol. The van der Waals surface area contributed by atoms with Gasteiger partial charge in [0.1, 0.15) is 11.6 Å². The van der Waals surface area contributed by atoms with Crippen molar-refractivity contribution in [3.63, 3.8) is 0 Å². The van der Waals surface area contributed by atoms with Crippen LogP contribution in [0.4, 0.5) is 4.39 Å². The van der Waals surface area contributed by atoms with Gasteiger partial charge in [0.2, 0.25) is 5.91 Å². The molecule has 0 unspecified atom stereocenters. The van der Waals surface area contributed by atoms with Gasteiger partial charge in [-0.2, -0.15) is 0 Å². The number of methoxy groups -OCH3 is 2. The van der Waals surface area contributed by atoms with Gasteiger partial charge in [0.25, 0.3) is 0 Å². The number of amides is 1. The van der Waals surface area contributed by atoms with E-state index in [9.17, 15) is 9.18 Å². The minimum atomic E-state index is -0.594. The quantitative estimate of drug-likeness (QED) is 0.350. The average Bonchev–Trinajstić information content (AvgIpc) is 3.36. The highest BCUT2D eigenvalue weighted by molar-refractivity contribution is 7.99. The number of benzene rings is 2. The normalized spacial score (nSPS) is 14.4. The standard InChI is InChI=1S/C28H35FN4O3S/c1-28(2,20-10-15-23(35-3)24(16-20)36-4)26-31-32-27(33(26)22-13-11-21(29)12-14-22)37-18-25(34)30-17-19-8-6-5-7-9-19/h10-16,19H,5-9,17-18H2,1-4H3,(H,30,34). The van der Waals surface area contributed by atoms with Crippen LogP contribution in [-0.2, 0) is 10.2 Å². The van der Waals surface area contributed by atoms with Gasteiger partial charge in [0, 0.05) is 12.2 Å². The predicted molar refractivity (Wildman–Crippen MR) is 143 cm³/mol. The number of ether oxygens (including phenoxy) is 2. The van der Waals surface area contributed by atoms with Crippen molar-refractivity contribution in [3.8, 4) is 17.2 Å². The first-order valence-corrected chi connectivity index (χ1v) is 13.7. The number of hydrogen-bond acceptors (Lipinski definition) is 6. The van der Waals surface area contributed by atoms with Gasteiger partial charge in [-0.1, -0.05) is 37.1 Å². The summed E-state index contributed by atoms with van der Waals surface area (Å²) < 4.78 is 26.6.